The van der Waals surface area contributed by atoms with Gasteiger partial charge in [0, 0.05) is 6.07 Å². The third kappa shape index (κ3) is 2.00. The van der Waals surface area contributed by atoms with Crippen molar-refractivity contribution in [3.05, 3.63) is 24.1 Å². The van der Waals surface area contributed by atoms with Crippen molar-refractivity contribution in [3.63, 3.8) is 0 Å². The van der Waals surface area contributed by atoms with E-state index >= 15 is 0 Å². The third-order valence-corrected chi connectivity index (χ3v) is 3.04. The second-order valence-electron chi connectivity index (χ2n) is 4.26. The van der Waals surface area contributed by atoms with Crippen LogP contribution in [0.1, 0.15) is 31.7 Å². The van der Waals surface area contributed by atoms with E-state index in [1.165, 1.54) is 6.42 Å². The molecule has 4 nitrogen and oxygen atoms in total. The van der Waals surface area contributed by atoms with Gasteiger partial charge in [0.1, 0.15) is 11.3 Å². The van der Waals surface area contributed by atoms with Crippen molar-refractivity contribution in [2.75, 3.05) is 13.2 Å². The summed E-state index contributed by atoms with van der Waals surface area (Å²) in [6.45, 7) is 3.69. The monoisotopic (exact) mass is 232 g/mol. The van der Waals surface area contributed by atoms with E-state index < -0.39 is 0 Å². The molecule has 1 aromatic heterocycles. The molecule has 0 amide bonds. The van der Waals surface area contributed by atoms with Crippen LogP contribution >= 0.6 is 0 Å². The molecule has 1 aliphatic heterocycles. The minimum atomic E-state index is 0.276. The van der Waals surface area contributed by atoms with Crippen LogP contribution in [0.4, 0.5) is 0 Å². The first-order valence-corrected chi connectivity index (χ1v) is 6.13. The zero-order valence-electron chi connectivity index (χ0n) is 9.90. The van der Waals surface area contributed by atoms with E-state index in [9.17, 15) is 0 Å². The number of oxazole rings is 1. The minimum Gasteiger partial charge on any atom is -0.494 e. The Morgan fingerprint density at radius 2 is 2.47 bits per heavy atom. The van der Waals surface area contributed by atoms with E-state index in [1.807, 2.05) is 25.1 Å². The summed E-state index contributed by atoms with van der Waals surface area (Å²) in [5.41, 5.74) is 1.71. The van der Waals surface area contributed by atoms with Crippen LogP contribution in [0.3, 0.4) is 0 Å². The standard InChI is InChI=1S/C13H16N2O2/c1-2-16-9-5-6-12-11(8-9)15-13(17-12)10-4-3-7-14-10/h5-6,8,10,14H,2-4,7H2,1H3. The molecular formula is C13H16N2O2. The molecule has 0 saturated carbocycles. The molecule has 0 bridgehead atoms. The Hall–Kier alpha value is -1.55. The van der Waals surface area contributed by atoms with Gasteiger partial charge in [-0.3, -0.25) is 0 Å². The number of nitrogens with one attached hydrogen (secondary N) is 1. The molecule has 2 aromatic rings. The fourth-order valence-electron chi connectivity index (χ4n) is 2.23. The summed E-state index contributed by atoms with van der Waals surface area (Å²) in [5.74, 6) is 1.64. The van der Waals surface area contributed by atoms with Gasteiger partial charge in [0.05, 0.1) is 12.6 Å². The van der Waals surface area contributed by atoms with Crippen molar-refractivity contribution in [1.82, 2.24) is 10.3 Å². The van der Waals surface area contributed by atoms with Crippen LogP contribution in [0.2, 0.25) is 0 Å². The largest absolute Gasteiger partial charge is 0.494 e. The van der Waals surface area contributed by atoms with Gasteiger partial charge in [-0.25, -0.2) is 4.98 Å². The minimum absolute atomic E-state index is 0.276. The van der Waals surface area contributed by atoms with Gasteiger partial charge < -0.3 is 14.5 Å². The van der Waals surface area contributed by atoms with Crippen molar-refractivity contribution >= 4 is 11.1 Å². The molecule has 1 saturated heterocycles. The van der Waals surface area contributed by atoms with E-state index in [4.69, 9.17) is 9.15 Å². The normalized spacial score (nSPS) is 19.9. The zero-order valence-corrected chi connectivity index (χ0v) is 9.90. The predicted octanol–water partition coefficient (Wildman–Crippen LogP) is 2.65. The molecule has 1 N–H and O–H groups in total. The topological polar surface area (TPSA) is 47.3 Å². The second-order valence-corrected chi connectivity index (χ2v) is 4.26. The summed E-state index contributed by atoms with van der Waals surface area (Å²) in [4.78, 5) is 4.53. The summed E-state index contributed by atoms with van der Waals surface area (Å²) in [6, 6.07) is 6.05. The molecule has 3 rings (SSSR count). The highest BCUT2D eigenvalue weighted by Gasteiger charge is 2.21. The number of fused-ring (bicyclic) bond motifs is 1. The maximum Gasteiger partial charge on any atom is 0.212 e. The van der Waals surface area contributed by atoms with Crippen LogP contribution in [0, 0.1) is 0 Å². The Labute approximate surface area is 100.0 Å². The van der Waals surface area contributed by atoms with Gasteiger partial charge in [0.25, 0.3) is 0 Å². The Kier molecular flexibility index (Phi) is 2.73. The van der Waals surface area contributed by atoms with Gasteiger partial charge in [0.2, 0.25) is 5.89 Å². The summed E-state index contributed by atoms with van der Waals surface area (Å²) in [7, 11) is 0. The van der Waals surface area contributed by atoms with E-state index in [0.29, 0.717) is 6.61 Å². The summed E-state index contributed by atoms with van der Waals surface area (Å²) in [5, 5.41) is 3.39. The average molecular weight is 232 g/mol. The van der Waals surface area contributed by atoms with Crippen molar-refractivity contribution in [2.45, 2.75) is 25.8 Å². The van der Waals surface area contributed by atoms with E-state index in [0.717, 1.165) is 35.7 Å². The van der Waals surface area contributed by atoms with Gasteiger partial charge in [-0.15, -0.1) is 0 Å². The first-order valence-electron chi connectivity index (χ1n) is 6.13. The smallest absolute Gasteiger partial charge is 0.212 e. The van der Waals surface area contributed by atoms with Crippen molar-refractivity contribution in [2.24, 2.45) is 0 Å². The Balaban J connectivity index is 1.94. The van der Waals surface area contributed by atoms with E-state index in [-0.39, 0.29) is 6.04 Å². The Morgan fingerprint density at radius 3 is 3.24 bits per heavy atom. The molecule has 90 valence electrons. The molecule has 0 aliphatic carbocycles. The number of nitrogens with zero attached hydrogens (tertiary/aromatic N) is 1. The summed E-state index contributed by atoms with van der Waals surface area (Å²) in [6.07, 6.45) is 2.29. The molecule has 1 aliphatic rings. The van der Waals surface area contributed by atoms with Gasteiger partial charge in [-0.05, 0) is 38.4 Å². The highest BCUT2D eigenvalue weighted by Crippen LogP contribution is 2.27. The maximum absolute atomic E-state index is 5.76. The highest BCUT2D eigenvalue weighted by atomic mass is 16.5. The predicted molar refractivity (Wildman–Crippen MR) is 65.2 cm³/mol. The second kappa shape index (κ2) is 4.37. The molecule has 1 unspecified atom stereocenters. The van der Waals surface area contributed by atoms with E-state index in [2.05, 4.69) is 10.3 Å². The molecule has 1 atom stereocenters. The quantitative estimate of drug-likeness (QED) is 0.883. The highest BCUT2D eigenvalue weighted by molar-refractivity contribution is 5.74. The molecule has 0 spiro atoms. The Bertz CT molecular complexity index is 515. The lowest BCUT2D eigenvalue weighted by atomic mass is 10.2. The molecule has 1 fully saturated rings. The summed E-state index contributed by atoms with van der Waals surface area (Å²) < 4.78 is 11.2. The number of hydrogen-bond donors (Lipinski definition) is 1. The summed E-state index contributed by atoms with van der Waals surface area (Å²) >= 11 is 0. The van der Waals surface area contributed by atoms with Crippen molar-refractivity contribution in [3.8, 4) is 5.75 Å². The molecule has 2 heterocycles. The van der Waals surface area contributed by atoms with Crippen molar-refractivity contribution < 1.29 is 9.15 Å². The van der Waals surface area contributed by atoms with E-state index in [1.54, 1.807) is 0 Å². The van der Waals surface area contributed by atoms with Crippen LogP contribution in [-0.4, -0.2) is 18.1 Å². The van der Waals surface area contributed by atoms with Gasteiger partial charge in [-0.1, -0.05) is 0 Å². The van der Waals surface area contributed by atoms with Crippen LogP contribution in [0.5, 0.6) is 5.75 Å². The van der Waals surface area contributed by atoms with Crippen LogP contribution in [0.15, 0.2) is 22.6 Å². The lowest BCUT2D eigenvalue weighted by Gasteiger charge is -2.02. The maximum atomic E-state index is 5.76. The molecule has 4 heteroatoms. The molecular weight excluding hydrogens is 216 g/mol. The number of aromatic nitrogens is 1. The number of ether oxygens (including phenoxy) is 1. The van der Waals surface area contributed by atoms with Gasteiger partial charge in [-0.2, -0.15) is 0 Å². The first kappa shape index (κ1) is 10.6. The van der Waals surface area contributed by atoms with Crippen LogP contribution in [0.25, 0.3) is 11.1 Å². The number of rotatable bonds is 3. The average Bonchev–Trinajstić information content (AvgIpc) is 2.97. The van der Waals surface area contributed by atoms with Crippen LogP contribution < -0.4 is 10.1 Å². The molecule has 17 heavy (non-hydrogen) atoms. The first-order chi connectivity index (χ1) is 8.36. The third-order valence-electron chi connectivity index (χ3n) is 3.04. The van der Waals surface area contributed by atoms with Gasteiger partial charge >= 0.3 is 0 Å². The van der Waals surface area contributed by atoms with Crippen LogP contribution in [-0.2, 0) is 0 Å². The fourth-order valence-corrected chi connectivity index (χ4v) is 2.23. The molecule has 1 aromatic carbocycles. The Morgan fingerprint density at radius 1 is 1.53 bits per heavy atom. The molecule has 0 radical (unpaired) electrons. The SMILES string of the molecule is CCOc1ccc2oc(C3CCCN3)nc2c1. The number of hydrogen-bond acceptors (Lipinski definition) is 4. The number of benzene rings is 1. The zero-order chi connectivity index (χ0) is 11.7. The fraction of sp³-hybridized carbons (Fsp3) is 0.462. The van der Waals surface area contributed by atoms with Gasteiger partial charge in [0.15, 0.2) is 5.58 Å². The van der Waals surface area contributed by atoms with Crippen molar-refractivity contribution in [1.29, 1.82) is 0 Å². The lowest BCUT2D eigenvalue weighted by molar-refractivity contribution is 0.340. The lowest BCUT2D eigenvalue weighted by Crippen LogP contribution is -2.12.